The molecule has 1 N–H and O–H groups in total. The number of aromatic carboxylic acids is 1. The Bertz CT molecular complexity index is 1720. The molecule has 0 saturated heterocycles. The second-order valence-corrected chi connectivity index (χ2v) is 11.4. The van der Waals surface area contributed by atoms with E-state index in [4.69, 9.17) is 5.11 Å². The number of carbonyl (C=O) groups is 1. The monoisotopic (exact) mass is 541 g/mol. The summed E-state index contributed by atoms with van der Waals surface area (Å²) in [6, 6.07) is 22.7. The van der Waals surface area contributed by atoms with Gasteiger partial charge in [-0.2, -0.15) is 21.6 Å². The van der Waals surface area contributed by atoms with Crippen molar-refractivity contribution in [3.63, 3.8) is 0 Å². The Kier molecular flexibility index (Phi) is 6.17. The Morgan fingerprint density at radius 2 is 1.59 bits per heavy atom. The van der Waals surface area contributed by atoms with E-state index in [1.54, 1.807) is 18.2 Å². The summed E-state index contributed by atoms with van der Waals surface area (Å²) in [6.07, 6.45) is -4.52. The van der Waals surface area contributed by atoms with Gasteiger partial charge in [0.05, 0.1) is 16.6 Å². The number of halogens is 3. The maximum absolute atomic E-state index is 13.9. The van der Waals surface area contributed by atoms with Crippen LogP contribution >= 0.6 is 11.3 Å². The summed E-state index contributed by atoms with van der Waals surface area (Å²) in [4.78, 5) is 11.9. The van der Waals surface area contributed by atoms with Gasteiger partial charge in [-0.3, -0.25) is 0 Å². The lowest BCUT2D eigenvalue weighted by molar-refractivity contribution is -0.137. The zero-order valence-corrected chi connectivity index (χ0v) is 20.6. The maximum atomic E-state index is 13.9. The smallest absolute Gasteiger partial charge is 0.416 e. The Morgan fingerprint density at radius 3 is 2.24 bits per heavy atom. The van der Waals surface area contributed by atoms with Gasteiger partial charge in [0.2, 0.25) is 0 Å². The molecule has 0 amide bonds. The number of hydrogen-bond donors (Lipinski definition) is 1. The fraction of sp³-hybridized carbons (Fsp3) is 0.0741. The number of rotatable bonds is 6. The Morgan fingerprint density at radius 1 is 0.892 bits per heavy atom. The first kappa shape index (κ1) is 24.8. The topological polar surface area (TPSA) is 76.4 Å². The van der Waals surface area contributed by atoms with Gasteiger partial charge in [-0.15, -0.1) is 11.3 Å². The molecule has 0 atom stereocenters. The first-order valence-corrected chi connectivity index (χ1v) is 13.2. The number of fused-ring (bicyclic) bond motifs is 1. The molecule has 3 aromatic carbocycles. The summed E-state index contributed by atoms with van der Waals surface area (Å²) in [6.45, 7) is 0. The third-order valence-corrected chi connectivity index (χ3v) is 9.24. The molecule has 37 heavy (non-hydrogen) atoms. The van der Waals surface area contributed by atoms with Crippen molar-refractivity contribution in [1.29, 1.82) is 0 Å². The van der Waals surface area contributed by atoms with E-state index in [9.17, 15) is 26.4 Å². The zero-order valence-electron chi connectivity index (χ0n) is 18.9. The van der Waals surface area contributed by atoms with Crippen LogP contribution in [0.3, 0.4) is 0 Å². The summed E-state index contributed by atoms with van der Waals surface area (Å²) in [5.41, 5.74) is 1.02. The molecular weight excluding hydrogens is 523 g/mol. The normalized spacial score (nSPS) is 12.2. The number of carboxylic acids is 1. The molecular formula is C27H18F3NO4S2. The Balaban J connectivity index is 1.64. The fourth-order valence-electron chi connectivity index (χ4n) is 4.11. The van der Waals surface area contributed by atoms with Crippen LogP contribution in [-0.4, -0.2) is 23.5 Å². The van der Waals surface area contributed by atoms with Crippen LogP contribution in [0.2, 0.25) is 0 Å². The molecule has 2 heterocycles. The average Bonchev–Trinajstić information content (AvgIpc) is 3.50. The number of thiophene rings is 1. The fourth-order valence-corrected chi connectivity index (χ4v) is 7.04. The van der Waals surface area contributed by atoms with Gasteiger partial charge in [0.25, 0.3) is 10.0 Å². The molecule has 0 spiro atoms. The van der Waals surface area contributed by atoms with Crippen LogP contribution in [0.5, 0.6) is 0 Å². The van der Waals surface area contributed by atoms with E-state index < -0.39 is 27.7 Å². The molecule has 188 valence electrons. The molecule has 0 bridgehead atoms. The SMILES string of the molecule is O=C(O)c1ccc(Cc2cc3cc(C(F)(F)F)ccc3n2S(=O)(=O)c2ccc(-c3ccccc3)s2)cc1. The van der Waals surface area contributed by atoms with E-state index >= 15 is 0 Å². The van der Waals surface area contributed by atoms with Gasteiger partial charge >= 0.3 is 12.1 Å². The van der Waals surface area contributed by atoms with Gasteiger partial charge in [-0.05, 0) is 59.7 Å². The van der Waals surface area contributed by atoms with Gasteiger partial charge in [-0.1, -0.05) is 42.5 Å². The van der Waals surface area contributed by atoms with Crippen LogP contribution in [0, 0.1) is 0 Å². The summed E-state index contributed by atoms with van der Waals surface area (Å²) < 4.78 is 68.9. The number of alkyl halides is 3. The van der Waals surface area contributed by atoms with Crippen molar-refractivity contribution in [3.05, 3.63) is 113 Å². The number of aromatic nitrogens is 1. The second kappa shape index (κ2) is 9.20. The number of hydrogen-bond acceptors (Lipinski definition) is 4. The molecule has 0 saturated carbocycles. The molecule has 0 aliphatic carbocycles. The highest BCUT2D eigenvalue weighted by atomic mass is 32.2. The van der Waals surface area contributed by atoms with Crippen LogP contribution in [-0.2, 0) is 22.6 Å². The number of nitrogens with zero attached hydrogens (tertiary/aromatic N) is 1. The molecule has 0 aliphatic heterocycles. The largest absolute Gasteiger partial charge is 0.478 e. The quantitative estimate of drug-likeness (QED) is 0.253. The van der Waals surface area contributed by atoms with Crippen LogP contribution in [0.15, 0.2) is 95.2 Å². The molecule has 2 aromatic heterocycles. The minimum atomic E-state index is -4.58. The van der Waals surface area contributed by atoms with Crippen molar-refractivity contribution in [2.24, 2.45) is 0 Å². The van der Waals surface area contributed by atoms with Crippen LogP contribution < -0.4 is 0 Å². The molecule has 0 fully saturated rings. The average molecular weight is 542 g/mol. The lowest BCUT2D eigenvalue weighted by atomic mass is 10.1. The summed E-state index contributed by atoms with van der Waals surface area (Å²) in [7, 11) is -4.17. The Labute approximate surface area is 214 Å². The molecule has 0 radical (unpaired) electrons. The minimum Gasteiger partial charge on any atom is -0.478 e. The zero-order chi connectivity index (χ0) is 26.4. The standard InChI is InChI=1S/C27H18F3NO4S2/c28-27(29,30)21-10-11-23-20(15-21)16-22(14-17-6-8-19(9-7-17)26(32)33)31(23)37(34,35)25-13-12-24(36-25)18-4-2-1-3-5-18/h1-13,15-16H,14H2,(H,32,33). The first-order valence-electron chi connectivity index (χ1n) is 11.0. The van der Waals surface area contributed by atoms with Gasteiger partial charge in [0.1, 0.15) is 4.21 Å². The van der Waals surface area contributed by atoms with E-state index in [1.807, 2.05) is 30.3 Å². The van der Waals surface area contributed by atoms with Crippen molar-refractivity contribution >= 4 is 38.2 Å². The summed E-state index contributed by atoms with van der Waals surface area (Å²) in [5, 5.41) is 9.27. The second-order valence-electron chi connectivity index (χ2n) is 8.34. The maximum Gasteiger partial charge on any atom is 0.416 e. The first-order chi connectivity index (χ1) is 17.5. The number of carboxylic acid groups (broad SMARTS) is 1. The highest BCUT2D eigenvalue weighted by molar-refractivity contribution is 7.92. The van der Waals surface area contributed by atoms with E-state index in [2.05, 4.69) is 0 Å². The minimum absolute atomic E-state index is 0.0474. The molecule has 0 aliphatic rings. The lowest BCUT2D eigenvalue weighted by Gasteiger charge is -2.12. The van der Waals surface area contributed by atoms with E-state index in [1.165, 1.54) is 30.3 Å². The van der Waals surface area contributed by atoms with Gasteiger partial charge in [0, 0.05) is 22.4 Å². The summed E-state index contributed by atoms with van der Waals surface area (Å²) >= 11 is 1.07. The van der Waals surface area contributed by atoms with E-state index in [-0.39, 0.29) is 32.8 Å². The number of benzene rings is 3. The predicted octanol–water partition coefficient (Wildman–Crippen LogP) is 6.91. The summed E-state index contributed by atoms with van der Waals surface area (Å²) in [5.74, 6) is -1.10. The van der Waals surface area contributed by atoms with Crippen molar-refractivity contribution in [2.45, 2.75) is 16.8 Å². The van der Waals surface area contributed by atoms with Crippen LogP contribution in [0.1, 0.15) is 27.2 Å². The predicted molar refractivity (Wildman–Crippen MR) is 135 cm³/mol. The van der Waals surface area contributed by atoms with Crippen LogP contribution in [0.4, 0.5) is 13.2 Å². The van der Waals surface area contributed by atoms with Gasteiger partial charge < -0.3 is 5.11 Å². The van der Waals surface area contributed by atoms with Crippen molar-refractivity contribution in [3.8, 4) is 10.4 Å². The highest BCUT2D eigenvalue weighted by Gasteiger charge is 2.32. The van der Waals surface area contributed by atoms with Gasteiger partial charge in [-0.25, -0.2) is 8.77 Å². The third-order valence-electron chi connectivity index (χ3n) is 5.88. The Hall–Kier alpha value is -3.89. The van der Waals surface area contributed by atoms with E-state index in [0.717, 1.165) is 37.9 Å². The van der Waals surface area contributed by atoms with Crippen molar-refractivity contribution in [1.82, 2.24) is 3.97 Å². The molecule has 5 nitrogen and oxygen atoms in total. The van der Waals surface area contributed by atoms with Gasteiger partial charge in [0.15, 0.2) is 0 Å². The van der Waals surface area contributed by atoms with Crippen molar-refractivity contribution < 1.29 is 31.5 Å². The molecule has 10 heteroatoms. The third kappa shape index (κ3) is 4.77. The van der Waals surface area contributed by atoms with E-state index in [0.29, 0.717) is 5.56 Å². The molecule has 5 aromatic rings. The highest BCUT2D eigenvalue weighted by Crippen LogP contribution is 2.37. The molecule has 0 unspecified atom stereocenters. The molecule has 5 rings (SSSR count). The lowest BCUT2D eigenvalue weighted by Crippen LogP contribution is -2.15. The van der Waals surface area contributed by atoms with Crippen molar-refractivity contribution in [2.75, 3.05) is 0 Å². The van der Waals surface area contributed by atoms with Crippen LogP contribution in [0.25, 0.3) is 21.3 Å².